The van der Waals surface area contributed by atoms with Crippen LogP contribution in [0.3, 0.4) is 0 Å². The Morgan fingerprint density at radius 2 is 2.04 bits per heavy atom. The molecule has 0 saturated carbocycles. The number of benzene rings is 1. The smallest absolute Gasteiger partial charge is 0.254 e. The van der Waals surface area contributed by atoms with E-state index in [-0.39, 0.29) is 6.04 Å². The normalized spacial score (nSPS) is 18.9. The van der Waals surface area contributed by atoms with Gasteiger partial charge in [0.1, 0.15) is 12.1 Å². The Balaban J connectivity index is 1.67. The first kappa shape index (κ1) is 16.9. The van der Waals surface area contributed by atoms with Crippen molar-refractivity contribution < 1.29 is 8.42 Å². The van der Waals surface area contributed by atoms with Gasteiger partial charge in [-0.3, -0.25) is 0 Å². The predicted molar refractivity (Wildman–Crippen MR) is 99.3 cm³/mol. The van der Waals surface area contributed by atoms with Gasteiger partial charge in [-0.1, -0.05) is 30.3 Å². The molecule has 9 heteroatoms. The minimum Gasteiger partial charge on any atom is -0.366 e. The zero-order chi connectivity index (χ0) is 18.1. The SMILES string of the molecule is CS(=O)(=O)N1CCCC(Nc2cc(-c3ccccc3)nc3ncnn23)C1. The third-order valence-electron chi connectivity index (χ3n) is 4.53. The largest absolute Gasteiger partial charge is 0.366 e. The van der Waals surface area contributed by atoms with E-state index in [0.29, 0.717) is 18.9 Å². The van der Waals surface area contributed by atoms with Gasteiger partial charge in [0.2, 0.25) is 10.0 Å². The molecule has 1 aromatic carbocycles. The first-order valence-corrected chi connectivity index (χ1v) is 10.3. The highest BCUT2D eigenvalue weighted by Crippen LogP contribution is 2.23. The number of nitrogens with zero attached hydrogens (tertiary/aromatic N) is 5. The molecule has 8 nitrogen and oxygen atoms in total. The molecule has 2 aromatic heterocycles. The summed E-state index contributed by atoms with van der Waals surface area (Å²) in [5.41, 5.74) is 1.78. The summed E-state index contributed by atoms with van der Waals surface area (Å²) < 4.78 is 26.9. The number of anilines is 1. The molecule has 136 valence electrons. The lowest BCUT2D eigenvalue weighted by Crippen LogP contribution is -2.44. The highest BCUT2D eigenvalue weighted by Gasteiger charge is 2.26. The number of rotatable bonds is 4. The molecule has 0 bridgehead atoms. The first-order chi connectivity index (χ1) is 12.5. The summed E-state index contributed by atoms with van der Waals surface area (Å²) in [5, 5.41) is 7.67. The fourth-order valence-corrected chi connectivity index (χ4v) is 4.15. The van der Waals surface area contributed by atoms with Gasteiger partial charge < -0.3 is 5.32 Å². The highest BCUT2D eigenvalue weighted by molar-refractivity contribution is 7.88. The van der Waals surface area contributed by atoms with Gasteiger partial charge in [0.05, 0.1) is 11.9 Å². The lowest BCUT2D eigenvalue weighted by atomic mass is 10.1. The van der Waals surface area contributed by atoms with Gasteiger partial charge in [-0.25, -0.2) is 17.7 Å². The van der Waals surface area contributed by atoms with Gasteiger partial charge in [0.25, 0.3) is 5.78 Å². The van der Waals surface area contributed by atoms with Crippen LogP contribution in [0, 0.1) is 0 Å². The van der Waals surface area contributed by atoms with Crippen LogP contribution in [0.25, 0.3) is 17.0 Å². The molecule has 1 atom stereocenters. The molecule has 1 aliphatic rings. The molecule has 3 aromatic rings. The summed E-state index contributed by atoms with van der Waals surface area (Å²) in [5.74, 6) is 1.26. The number of hydrogen-bond acceptors (Lipinski definition) is 6. The second-order valence-corrected chi connectivity index (χ2v) is 8.45. The number of hydrogen-bond donors (Lipinski definition) is 1. The van der Waals surface area contributed by atoms with Crippen molar-refractivity contribution in [3.63, 3.8) is 0 Å². The highest BCUT2D eigenvalue weighted by atomic mass is 32.2. The molecular weight excluding hydrogens is 352 g/mol. The summed E-state index contributed by atoms with van der Waals surface area (Å²) in [6.45, 7) is 1.01. The van der Waals surface area contributed by atoms with Gasteiger partial charge in [-0.2, -0.15) is 14.6 Å². The Labute approximate surface area is 151 Å². The summed E-state index contributed by atoms with van der Waals surface area (Å²) in [4.78, 5) is 8.76. The van der Waals surface area contributed by atoms with Crippen molar-refractivity contribution in [3.05, 3.63) is 42.7 Å². The zero-order valence-electron chi connectivity index (χ0n) is 14.4. The van der Waals surface area contributed by atoms with Crippen molar-refractivity contribution in [2.75, 3.05) is 24.7 Å². The van der Waals surface area contributed by atoms with Crippen molar-refractivity contribution in [2.45, 2.75) is 18.9 Å². The number of piperidine rings is 1. The second kappa shape index (κ2) is 6.65. The topological polar surface area (TPSA) is 92.5 Å². The van der Waals surface area contributed by atoms with Crippen LogP contribution >= 0.6 is 0 Å². The van der Waals surface area contributed by atoms with Crippen LogP contribution in [0.1, 0.15) is 12.8 Å². The van der Waals surface area contributed by atoms with Crippen LogP contribution in [0.2, 0.25) is 0 Å². The van der Waals surface area contributed by atoms with Crippen molar-refractivity contribution in [3.8, 4) is 11.3 Å². The predicted octanol–water partition coefficient (Wildman–Crippen LogP) is 1.63. The molecule has 4 rings (SSSR count). The maximum Gasteiger partial charge on any atom is 0.254 e. The van der Waals surface area contributed by atoms with Crippen LogP contribution < -0.4 is 5.32 Å². The third kappa shape index (κ3) is 3.40. The van der Waals surface area contributed by atoms with Crippen LogP contribution in [-0.4, -0.2) is 57.7 Å². The fraction of sp³-hybridized carbons (Fsp3) is 0.353. The van der Waals surface area contributed by atoms with Crippen molar-refractivity contribution >= 4 is 21.6 Å². The molecule has 1 unspecified atom stereocenters. The Kier molecular flexibility index (Phi) is 4.33. The summed E-state index contributed by atoms with van der Waals surface area (Å²) >= 11 is 0. The third-order valence-corrected chi connectivity index (χ3v) is 5.80. The van der Waals surface area contributed by atoms with E-state index in [0.717, 1.165) is 29.9 Å². The molecule has 1 saturated heterocycles. The minimum atomic E-state index is -3.19. The lowest BCUT2D eigenvalue weighted by Gasteiger charge is -2.31. The summed E-state index contributed by atoms with van der Waals surface area (Å²) in [7, 11) is -3.19. The van der Waals surface area contributed by atoms with E-state index in [9.17, 15) is 8.42 Å². The van der Waals surface area contributed by atoms with Gasteiger partial charge in [0, 0.05) is 30.8 Å². The first-order valence-electron chi connectivity index (χ1n) is 8.48. The maximum atomic E-state index is 11.9. The van der Waals surface area contributed by atoms with Crippen molar-refractivity contribution in [1.29, 1.82) is 0 Å². The zero-order valence-corrected chi connectivity index (χ0v) is 15.2. The number of fused-ring (bicyclic) bond motifs is 1. The van der Waals surface area contributed by atoms with E-state index >= 15 is 0 Å². The molecule has 0 aliphatic carbocycles. The van der Waals surface area contributed by atoms with Gasteiger partial charge in [-0.15, -0.1) is 0 Å². The summed E-state index contributed by atoms with van der Waals surface area (Å²) in [6, 6.07) is 11.8. The van der Waals surface area contributed by atoms with Crippen LogP contribution in [-0.2, 0) is 10.0 Å². The van der Waals surface area contributed by atoms with Crippen molar-refractivity contribution in [1.82, 2.24) is 23.9 Å². The average Bonchev–Trinajstić information content (AvgIpc) is 3.11. The molecule has 1 aliphatic heterocycles. The number of nitrogens with one attached hydrogen (secondary N) is 1. The maximum absolute atomic E-state index is 11.9. The van der Waals surface area contributed by atoms with Crippen molar-refractivity contribution in [2.24, 2.45) is 0 Å². The summed E-state index contributed by atoms with van der Waals surface area (Å²) in [6.07, 6.45) is 4.43. The number of aromatic nitrogens is 4. The molecule has 1 fully saturated rings. The molecule has 26 heavy (non-hydrogen) atoms. The van der Waals surface area contributed by atoms with E-state index in [1.807, 2.05) is 36.4 Å². The molecule has 0 radical (unpaired) electrons. The van der Waals surface area contributed by atoms with E-state index < -0.39 is 10.0 Å². The van der Waals surface area contributed by atoms with Crippen LogP contribution in [0.15, 0.2) is 42.7 Å². The van der Waals surface area contributed by atoms with E-state index in [1.165, 1.54) is 16.9 Å². The molecule has 3 heterocycles. The molecular formula is C17H20N6O2S. The van der Waals surface area contributed by atoms with E-state index in [1.54, 1.807) is 4.52 Å². The lowest BCUT2D eigenvalue weighted by molar-refractivity contribution is 0.328. The van der Waals surface area contributed by atoms with E-state index in [2.05, 4.69) is 20.4 Å². The molecule has 0 amide bonds. The quantitative estimate of drug-likeness (QED) is 0.748. The molecule has 0 spiro atoms. The Morgan fingerprint density at radius 1 is 1.23 bits per heavy atom. The monoisotopic (exact) mass is 372 g/mol. The Morgan fingerprint density at radius 3 is 2.81 bits per heavy atom. The van der Waals surface area contributed by atoms with Gasteiger partial charge in [0.15, 0.2) is 0 Å². The molecule has 1 N–H and O–H groups in total. The van der Waals surface area contributed by atoms with Gasteiger partial charge >= 0.3 is 0 Å². The standard InChI is InChI=1S/C17H20N6O2S/c1-26(24,25)22-9-5-8-14(11-22)20-16-10-15(13-6-3-2-4-7-13)21-17-18-12-19-23(16)17/h2-4,6-7,10,12,14,20H,5,8-9,11H2,1H3. The minimum absolute atomic E-state index is 0.0110. The van der Waals surface area contributed by atoms with Crippen LogP contribution in [0.5, 0.6) is 0 Å². The second-order valence-electron chi connectivity index (χ2n) is 6.47. The fourth-order valence-electron chi connectivity index (χ4n) is 3.24. The van der Waals surface area contributed by atoms with Crippen LogP contribution in [0.4, 0.5) is 5.82 Å². The number of sulfonamides is 1. The van der Waals surface area contributed by atoms with E-state index in [4.69, 9.17) is 0 Å². The average molecular weight is 372 g/mol. The Bertz CT molecular complexity index is 1020. The Hall–Kier alpha value is -2.52. The van der Waals surface area contributed by atoms with Gasteiger partial charge in [-0.05, 0) is 12.8 Å².